The second-order valence-corrected chi connectivity index (χ2v) is 6.48. The second-order valence-electron chi connectivity index (χ2n) is 5.16. The van der Waals surface area contributed by atoms with Gasteiger partial charge >= 0.3 is 0 Å². The number of thiophene rings is 1. The Labute approximate surface area is 128 Å². The minimum absolute atomic E-state index is 0.772. The van der Waals surface area contributed by atoms with Crippen LogP contribution >= 0.6 is 11.3 Å². The van der Waals surface area contributed by atoms with E-state index in [9.17, 15) is 0 Å². The molecule has 0 saturated carbocycles. The summed E-state index contributed by atoms with van der Waals surface area (Å²) in [5.41, 5.74) is 6.46. The normalized spacial score (nSPS) is 11.4. The average molecular weight is 295 g/mol. The summed E-state index contributed by atoms with van der Waals surface area (Å²) in [6.45, 7) is 6.28. The molecule has 0 spiro atoms. The Bertz CT molecular complexity index is 818. The zero-order valence-corrected chi connectivity index (χ0v) is 13.2. The van der Waals surface area contributed by atoms with Crippen LogP contribution in [0.25, 0.3) is 10.9 Å². The Morgan fingerprint density at radius 2 is 1.95 bits per heavy atom. The van der Waals surface area contributed by atoms with E-state index in [0.29, 0.717) is 0 Å². The largest absolute Gasteiger partial charge is 0.261 e. The van der Waals surface area contributed by atoms with Crippen molar-refractivity contribution in [2.45, 2.75) is 20.8 Å². The Hall–Kier alpha value is -2.20. The summed E-state index contributed by atoms with van der Waals surface area (Å²) in [6, 6.07) is 12.5. The van der Waals surface area contributed by atoms with Gasteiger partial charge in [-0.2, -0.15) is 5.10 Å². The summed E-state index contributed by atoms with van der Waals surface area (Å²) < 4.78 is 0. The van der Waals surface area contributed by atoms with Crippen LogP contribution in [-0.2, 0) is 0 Å². The summed E-state index contributed by atoms with van der Waals surface area (Å²) in [5, 5.41) is 5.46. The maximum absolute atomic E-state index is 4.59. The molecule has 0 bridgehead atoms. The number of nitrogens with one attached hydrogen (secondary N) is 1. The number of benzene rings is 1. The van der Waals surface area contributed by atoms with Gasteiger partial charge in [-0.15, -0.1) is 11.3 Å². The molecule has 3 aromatic rings. The second kappa shape index (κ2) is 5.66. The van der Waals surface area contributed by atoms with Gasteiger partial charge in [-0.3, -0.25) is 5.43 Å². The lowest BCUT2D eigenvalue weighted by Crippen LogP contribution is -1.95. The van der Waals surface area contributed by atoms with Crippen molar-refractivity contribution in [3.63, 3.8) is 0 Å². The molecular weight excluding hydrogens is 278 g/mol. The van der Waals surface area contributed by atoms with Crippen LogP contribution in [0.4, 0.5) is 5.82 Å². The Kier molecular flexibility index (Phi) is 3.71. The van der Waals surface area contributed by atoms with Crippen molar-refractivity contribution in [3.8, 4) is 0 Å². The minimum atomic E-state index is 0.772. The van der Waals surface area contributed by atoms with Crippen molar-refractivity contribution in [2.75, 3.05) is 5.43 Å². The summed E-state index contributed by atoms with van der Waals surface area (Å²) in [5.74, 6) is 0.772. The number of aromatic nitrogens is 1. The first kappa shape index (κ1) is 13.8. The third-order valence-corrected chi connectivity index (χ3v) is 4.24. The summed E-state index contributed by atoms with van der Waals surface area (Å²) >= 11 is 1.72. The number of hydrazone groups is 1. The molecule has 3 rings (SSSR count). The van der Waals surface area contributed by atoms with Gasteiger partial charge in [0, 0.05) is 15.1 Å². The number of anilines is 1. The molecule has 4 heteroatoms. The van der Waals surface area contributed by atoms with Gasteiger partial charge in [-0.1, -0.05) is 11.6 Å². The first-order chi connectivity index (χ1) is 10.1. The third-order valence-electron chi connectivity index (χ3n) is 3.30. The maximum Gasteiger partial charge on any atom is 0.147 e. The minimum Gasteiger partial charge on any atom is -0.261 e. The third kappa shape index (κ3) is 3.11. The van der Waals surface area contributed by atoms with Gasteiger partial charge in [0.2, 0.25) is 0 Å². The van der Waals surface area contributed by atoms with E-state index >= 15 is 0 Å². The molecule has 2 aromatic heterocycles. The highest BCUT2D eigenvalue weighted by molar-refractivity contribution is 7.13. The van der Waals surface area contributed by atoms with Crippen LogP contribution in [0.3, 0.4) is 0 Å². The van der Waals surface area contributed by atoms with Crippen LogP contribution < -0.4 is 5.43 Å². The molecule has 3 nitrogen and oxygen atoms in total. The van der Waals surface area contributed by atoms with E-state index in [1.165, 1.54) is 21.4 Å². The number of rotatable bonds is 3. The molecule has 0 radical (unpaired) electrons. The number of nitrogens with zero attached hydrogens (tertiary/aromatic N) is 2. The SMILES string of the molecule is Cc1ccc2nc(NN=Cc3ccc(C)s3)cc(C)c2c1. The predicted octanol–water partition coefficient (Wildman–Crippen LogP) is 4.67. The molecule has 0 aliphatic carbocycles. The molecule has 1 aromatic carbocycles. The molecule has 21 heavy (non-hydrogen) atoms. The molecular formula is C17H17N3S. The molecule has 0 atom stereocenters. The lowest BCUT2D eigenvalue weighted by molar-refractivity contribution is 1.25. The summed E-state index contributed by atoms with van der Waals surface area (Å²) in [7, 11) is 0. The van der Waals surface area contributed by atoms with Crippen LogP contribution in [0.1, 0.15) is 20.9 Å². The molecule has 0 aliphatic heterocycles. The fourth-order valence-electron chi connectivity index (χ4n) is 2.25. The van der Waals surface area contributed by atoms with E-state index < -0.39 is 0 Å². The Balaban J connectivity index is 1.84. The Morgan fingerprint density at radius 1 is 1.10 bits per heavy atom. The van der Waals surface area contributed by atoms with E-state index in [1.807, 2.05) is 12.3 Å². The first-order valence-corrected chi connectivity index (χ1v) is 7.67. The molecule has 0 aliphatic rings. The first-order valence-electron chi connectivity index (χ1n) is 6.85. The van der Waals surface area contributed by atoms with Gasteiger partial charge in [0.15, 0.2) is 0 Å². The maximum atomic E-state index is 4.59. The van der Waals surface area contributed by atoms with Crippen molar-refractivity contribution >= 4 is 34.3 Å². The molecule has 106 valence electrons. The fraction of sp³-hybridized carbons (Fsp3) is 0.176. The smallest absolute Gasteiger partial charge is 0.147 e. The van der Waals surface area contributed by atoms with Crippen molar-refractivity contribution in [2.24, 2.45) is 5.10 Å². The standard InChI is InChI=1S/C17H17N3S/c1-11-4-7-16-15(8-11)12(2)9-17(19-16)20-18-10-14-6-5-13(3)21-14/h4-10H,1-3H3,(H,19,20). The van der Waals surface area contributed by atoms with Gasteiger partial charge in [0.05, 0.1) is 11.7 Å². The zero-order valence-electron chi connectivity index (χ0n) is 12.3. The van der Waals surface area contributed by atoms with Gasteiger partial charge < -0.3 is 0 Å². The molecule has 2 heterocycles. The lowest BCUT2D eigenvalue weighted by atomic mass is 10.1. The van der Waals surface area contributed by atoms with Crippen molar-refractivity contribution in [3.05, 3.63) is 57.3 Å². The van der Waals surface area contributed by atoms with E-state index in [1.54, 1.807) is 11.3 Å². The van der Waals surface area contributed by atoms with E-state index in [0.717, 1.165) is 16.2 Å². The van der Waals surface area contributed by atoms with Crippen molar-refractivity contribution in [1.82, 2.24) is 4.98 Å². The van der Waals surface area contributed by atoms with Crippen molar-refractivity contribution < 1.29 is 0 Å². The zero-order chi connectivity index (χ0) is 14.8. The van der Waals surface area contributed by atoms with Crippen LogP contribution in [-0.4, -0.2) is 11.2 Å². The van der Waals surface area contributed by atoms with E-state index in [2.05, 4.69) is 66.6 Å². The predicted molar refractivity (Wildman–Crippen MR) is 91.5 cm³/mol. The highest BCUT2D eigenvalue weighted by atomic mass is 32.1. The molecule has 0 saturated heterocycles. The molecule has 0 unspecified atom stereocenters. The summed E-state index contributed by atoms with van der Waals surface area (Å²) in [4.78, 5) is 7.01. The summed E-state index contributed by atoms with van der Waals surface area (Å²) in [6.07, 6.45) is 1.83. The molecule has 1 N–H and O–H groups in total. The number of pyridine rings is 1. The topological polar surface area (TPSA) is 37.3 Å². The monoisotopic (exact) mass is 295 g/mol. The highest BCUT2D eigenvalue weighted by Gasteiger charge is 2.02. The average Bonchev–Trinajstić information content (AvgIpc) is 2.85. The van der Waals surface area contributed by atoms with Gasteiger partial charge in [0.25, 0.3) is 0 Å². The van der Waals surface area contributed by atoms with Gasteiger partial charge in [-0.05, 0) is 56.7 Å². The lowest BCUT2D eigenvalue weighted by Gasteiger charge is -2.06. The van der Waals surface area contributed by atoms with Crippen LogP contribution in [0.15, 0.2) is 41.5 Å². The fourth-order valence-corrected chi connectivity index (χ4v) is 3.00. The van der Waals surface area contributed by atoms with Crippen LogP contribution in [0, 0.1) is 20.8 Å². The number of hydrogen-bond acceptors (Lipinski definition) is 4. The van der Waals surface area contributed by atoms with Crippen molar-refractivity contribution in [1.29, 1.82) is 0 Å². The Morgan fingerprint density at radius 3 is 2.71 bits per heavy atom. The van der Waals surface area contributed by atoms with E-state index in [4.69, 9.17) is 0 Å². The van der Waals surface area contributed by atoms with Gasteiger partial charge in [0.1, 0.15) is 5.82 Å². The molecule has 0 amide bonds. The number of hydrogen-bond donors (Lipinski definition) is 1. The number of aryl methyl sites for hydroxylation is 3. The van der Waals surface area contributed by atoms with Gasteiger partial charge in [-0.25, -0.2) is 4.98 Å². The van der Waals surface area contributed by atoms with Crippen LogP contribution in [0.5, 0.6) is 0 Å². The van der Waals surface area contributed by atoms with Crippen LogP contribution in [0.2, 0.25) is 0 Å². The quantitative estimate of drug-likeness (QED) is 0.563. The highest BCUT2D eigenvalue weighted by Crippen LogP contribution is 2.21. The molecule has 0 fully saturated rings. The number of fused-ring (bicyclic) bond motifs is 1. The van der Waals surface area contributed by atoms with E-state index in [-0.39, 0.29) is 0 Å².